The molecule has 11 nitrogen and oxygen atoms in total. The second-order valence-electron chi connectivity index (χ2n) is 10.6. The highest BCUT2D eigenvalue weighted by Gasteiger charge is 2.51. The van der Waals surface area contributed by atoms with Crippen LogP contribution < -0.4 is 10.1 Å². The van der Waals surface area contributed by atoms with Gasteiger partial charge in [-0.25, -0.2) is 14.8 Å². The summed E-state index contributed by atoms with van der Waals surface area (Å²) in [6.07, 6.45) is 5.58. The molecular formula is C27H35N5O6. The highest BCUT2D eigenvalue weighted by Crippen LogP contribution is 2.31. The van der Waals surface area contributed by atoms with E-state index < -0.39 is 42.4 Å². The first-order valence-corrected chi connectivity index (χ1v) is 12.6. The molecule has 204 valence electrons. The number of carbonyl (C=O) groups excluding carboxylic acids is 3. The molecule has 2 atom stereocenters. The topological polar surface area (TPSA) is 123 Å². The first kappa shape index (κ1) is 27.2. The van der Waals surface area contributed by atoms with E-state index in [2.05, 4.69) is 31.3 Å². The molecule has 4 rings (SSSR count). The number of aliphatic carboxylic acids is 1. The van der Waals surface area contributed by atoms with E-state index in [1.165, 1.54) is 14.9 Å². The summed E-state index contributed by atoms with van der Waals surface area (Å²) in [4.78, 5) is 54.5. The molecule has 38 heavy (non-hydrogen) atoms. The van der Waals surface area contributed by atoms with Crippen LogP contribution in [0.4, 0.5) is 4.79 Å². The molecule has 1 aliphatic carbocycles. The molecule has 0 bridgehead atoms. The van der Waals surface area contributed by atoms with Crippen molar-refractivity contribution in [2.45, 2.75) is 45.4 Å². The number of ether oxygens (including phenoxy) is 1. The molecule has 0 aromatic heterocycles. The average molecular weight is 526 g/mol. The smallest absolute Gasteiger partial charge is 0.334 e. The molecule has 4 amide bonds. The molecule has 0 radical (unpaired) electrons. The summed E-state index contributed by atoms with van der Waals surface area (Å²) in [7, 11) is 3.21. The van der Waals surface area contributed by atoms with E-state index in [1.54, 1.807) is 31.2 Å². The van der Waals surface area contributed by atoms with Crippen LogP contribution in [-0.4, -0.2) is 94.7 Å². The zero-order valence-electron chi connectivity index (χ0n) is 22.2. The summed E-state index contributed by atoms with van der Waals surface area (Å²) < 4.78 is 5.17. The Morgan fingerprint density at radius 1 is 1.18 bits per heavy atom. The summed E-state index contributed by atoms with van der Waals surface area (Å²) >= 11 is 0. The number of carbonyl (C=O) groups is 4. The predicted molar refractivity (Wildman–Crippen MR) is 139 cm³/mol. The van der Waals surface area contributed by atoms with Crippen LogP contribution in [0.25, 0.3) is 0 Å². The Kier molecular flexibility index (Phi) is 7.77. The van der Waals surface area contributed by atoms with Crippen molar-refractivity contribution in [1.29, 1.82) is 0 Å². The largest absolute Gasteiger partial charge is 0.497 e. The van der Waals surface area contributed by atoms with Crippen LogP contribution in [0, 0.1) is 5.41 Å². The number of amides is 4. The standard InChI is InChI=1S/C27H35N5O6/c1-27(2)11-9-19(10-12-27)15-30-16-22-31(21(25(30)36)13-24(34)35)23(33)17-29(3)32(22)26(37)28-14-18-5-7-20(38-4)8-6-18/h5-11,21-22H,12-17H2,1-4H3,(H,28,37)(H,34,35)/t21-,22-/m0/s1. The quantitative estimate of drug-likeness (QED) is 0.557. The normalized spacial score (nSPS) is 23.2. The number of urea groups is 1. The number of hydrogen-bond donors (Lipinski definition) is 2. The summed E-state index contributed by atoms with van der Waals surface area (Å²) in [5, 5.41) is 15.4. The van der Waals surface area contributed by atoms with E-state index in [9.17, 15) is 24.3 Å². The minimum Gasteiger partial charge on any atom is -0.497 e. The number of nitrogens with one attached hydrogen (secondary N) is 1. The molecule has 1 aromatic carbocycles. The predicted octanol–water partition coefficient (Wildman–Crippen LogP) is 1.82. The number of carboxylic acid groups (broad SMARTS) is 1. The van der Waals surface area contributed by atoms with Crippen molar-refractivity contribution in [2.24, 2.45) is 5.41 Å². The van der Waals surface area contributed by atoms with Gasteiger partial charge in [0, 0.05) is 20.1 Å². The number of hydrogen-bond acceptors (Lipinski definition) is 6. The van der Waals surface area contributed by atoms with Crippen molar-refractivity contribution in [3.05, 3.63) is 53.6 Å². The van der Waals surface area contributed by atoms with Gasteiger partial charge in [-0.05, 0) is 35.1 Å². The first-order valence-electron chi connectivity index (χ1n) is 12.6. The molecule has 2 aliphatic heterocycles. The lowest BCUT2D eigenvalue weighted by molar-refractivity contribution is -0.188. The number of methoxy groups -OCH3 is 1. The minimum atomic E-state index is -1.20. The fourth-order valence-corrected chi connectivity index (χ4v) is 5.02. The number of likely N-dealkylation sites (N-methyl/N-ethyl adjacent to an activating group) is 1. The van der Waals surface area contributed by atoms with E-state index in [4.69, 9.17) is 4.74 Å². The number of benzene rings is 1. The second kappa shape index (κ2) is 10.9. The third kappa shape index (κ3) is 5.83. The molecular weight excluding hydrogens is 490 g/mol. The van der Waals surface area contributed by atoms with Gasteiger partial charge >= 0.3 is 12.0 Å². The Morgan fingerprint density at radius 2 is 1.89 bits per heavy atom. The van der Waals surface area contributed by atoms with Crippen molar-refractivity contribution in [2.75, 3.05) is 33.8 Å². The monoisotopic (exact) mass is 525 g/mol. The maximum Gasteiger partial charge on any atom is 0.334 e. The van der Waals surface area contributed by atoms with Crippen molar-refractivity contribution in [3.63, 3.8) is 0 Å². The van der Waals surface area contributed by atoms with E-state index in [0.717, 1.165) is 17.6 Å². The Labute approximate surface area is 222 Å². The van der Waals surface area contributed by atoms with Crippen molar-refractivity contribution >= 4 is 23.8 Å². The number of carboxylic acids is 1. The third-order valence-electron chi connectivity index (χ3n) is 7.13. The van der Waals surface area contributed by atoms with Gasteiger partial charge in [0.2, 0.25) is 11.8 Å². The van der Waals surface area contributed by atoms with Crippen molar-refractivity contribution in [3.8, 4) is 5.75 Å². The highest BCUT2D eigenvalue weighted by molar-refractivity contribution is 5.93. The average Bonchev–Trinajstić information content (AvgIpc) is 2.86. The lowest BCUT2D eigenvalue weighted by Crippen LogP contribution is -2.76. The van der Waals surface area contributed by atoms with Gasteiger partial charge in [-0.3, -0.25) is 14.4 Å². The molecule has 11 heteroatoms. The van der Waals surface area contributed by atoms with Gasteiger partial charge < -0.3 is 25.0 Å². The molecule has 0 spiro atoms. The molecule has 3 aliphatic rings. The number of nitrogens with zero attached hydrogens (tertiary/aromatic N) is 4. The van der Waals surface area contributed by atoms with E-state index in [0.29, 0.717) is 5.75 Å². The highest BCUT2D eigenvalue weighted by atomic mass is 16.5. The molecule has 2 fully saturated rings. The van der Waals surface area contributed by atoms with Crippen LogP contribution in [-0.2, 0) is 20.9 Å². The molecule has 0 unspecified atom stereocenters. The van der Waals surface area contributed by atoms with Gasteiger partial charge in [-0.15, -0.1) is 0 Å². The Morgan fingerprint density at radius 3 is 2.50 bits per heavy atom. The number of fused-ring (bicyclic) bond motifs is 1. The molecule has 2 heterocycles. The van der Waals surface area contributed by atoms with Crippen molar-refractivity contribution in [1.82, 2.24) is 25.1 Å². The van der Waals surface area contributed by atoms with Crippen molar-refractivity contribution < 1.29 is 29.0 Å². The van der Waals surface area contributed by atoms with Gasteiger partial charge in [0.05, 0.1) is 26.6 Å². The fourth-order valence-electron chi connectivity index (χ4n) is 5.02. The van der Waals surface area contributed by atoms with Crippen LogP contribution in [0.2, 0.25) is 0 Å². The zero-order chi connectivity index (χ0) is 27.6. The van der Waals surface area contributed by atoms with E-state index in [1.807, 2.05) is 18.2 Å². The molecule has 2 N–H and O–H groups in total. The maximum absolute atomic E-state index is 13.5. The molecule has 2 saturated heterocycles. The number of allylic oxidation sites excluding steroid dienone is 2. The molecule has 1 aromatic rings. The van der Waals surface area contributed by atoms with E-state index >= 15 is 0 Å². The Balaban J connectivity index is 1.57. The summed E-state index contributed by atoms with van der Waals surface area (Å²) in [5.74, 6) is -1.31. The minimum absolute atomic E-state index is 0.0231. The van der Waals surface area contributed by atoms with Crippen LogP contribution in [0.15, 0.2) is 48.1 Å². The van der Waals surface area contributed by atoms with Crippen LogP contribution in [0.1, 0.15) is 32.3 Å². The summed E-state index contributed by atoms with van der Waals surface area (Å²) in [6.45, 7) is 4.66. The van der Waals surface area contributed by atoms with Gasteiger partial charge in [-0.1, -0.05) is 44.2 Å². The maximum atomic E-state index is 13.5. The van der Waals surface area contributed by atoms with Crippen LogP contribution >= 0.6 is 0 Å². The fraction of sp³-hybridized carbons (Fsp3) is 0.481. The van der Waals surface area contributed by atoms with E-state index in [-0.39, 0.29) is 31.6 Å². The summed E-state index contributed by atoms with van der Waals surface area (Å²) in [6, 6.07) is 5.62. The number of hydrazine groups is 1. The van der Waals surface area contributed by atoms with Gasteiger partial charge in [-0.2, -0.15) is 0 Å². The zero-order valence-corrected chi connectivity index (χ0v) is 22.2. The van der Waals surface area contributed by atoms with Gasteiger partial charge in [0.1, 0.15) is 18.0 Å². The number of piperazine rings is 1. The van der Waals surface area contributed by atoms with Gasteiger partial charge in [0.15, 0.2) is 0 Å². The summed E-state index contributed by atoms with van der Waals surface area (Å²) in [5.41, 5.74) is 1.82. The third-order valence-corrected chi connectivity index (χ3v) is 7.13. The Hall–Kier alpha value is -3.86. The lowest BCUT2D eigenvalue weighted by Gasteiger charge is -2.54. The number of rotatable bonds is 7. The SMILES string of the molecule is COc1ccc(CNC(=O)N2[C@H]3CN(CC4=CCC(C)(C)C=C4)C(=O)[C@H](CC(=O)O)N3C(=O)CN2C)cc1. The molecule has 0 saturated carbocycles. The second-order valence-corrected chi connectivity index (χ2v) is 10.6. The first-order chi connectivity index (χ1) is 18.0. The Bertz CT molecular complexity index is 1160. The van der Waals surface area contributed by atoms with Crippen LogP contribution in [0.5, 0.6) is 5.75 Å². The van der Waals surface area contributed by atoms with Gasteiger partial charge in [0.25, 0.3) is 0 Å². The van der Waals surface area contributed by atoms with Crippen LogP contribution in [0.3, 0.4) is 0 Å². The lowest BCUT2D eigenvalue weighted by atomic mass is 9.84.